The second-order valence-electron chi connectivity index (χ2n) is 6.60. The fourth-order valence-corrected chi connectivity index (χ4v) is 2.20. The summed E-state index contributed by atoms with van der Waals surface area (Å²) >= 11 is 0. The smallest absolute Gasteiger partial charge is 0.123 e. The van der Waals surface area contributed by atoms with Crippen molar-refractivity contribution in [2.45, 2.75) is 33.2 Å². The minimum absolute atomic E-state index is 0.128. The molecule has 0 aliphatic heterocycles. The van der Waals surface area contributed by atoms with E-state index in [1.165, 1.54) is 23.3 Å². The molecule has 2 heteroatoms. The third-order valence-corrected chi connectivity index (χ3v) is 3.56. The zero-order valence-corrected chi connectivity index (χ0v) is 13.8. The second kappa shape index (κ2) is 6.89. The van der Waals surface area contributed by atoms with Crippen LogP contribution in [-0.4, -0.2) is 12.1 Å². The predicted molar refractivity (Wildman–Crippen MR) is 93.2 cm³/mol. The predicted octanol–water partition coefficient (Wildman–Crippen LogP) is 5.28. The van der Waals surface area contributed by atoms with Crippen molar-refractivity contribution in [1.29, 1.82) is 0 Å². The number of hydrogen-bond donors (Lipinski definition) is 1. The number of benzene rings is 2. The van der Waals surface area contributed by atoms with E-state index in [1.807, 2.05) is 0 Å². The third kappa shape index (κ3) is 4.81. The average molecular weight is 297 g/mol. The molecule has 22 heavy (non-hydrogen) atoms. The van der Waals surface area contributed by atoms with Gasteiger partial charge in [-0.25, -0.2) is 4.39 Å². The molecule has 0 fully saturated rings. The molecule has 2 rings (SSSR count). The summed E-state index contributed by atoms with van der Waals surface area (Å²) < 4.78 is 13.0. The SMILES string of the molecule is CC(=CCNC(C)(C)C)c1ccc(-c2ccc(F)cc2)cc1. The minimum Gasteiger partial charge on any atom is -0.309 e. The lowest BCUT2D eigenvalue weighted by atomic mass is 10.0. The zero-order chi connectivity index (χ0) is 16.2. The monoisotopic (exact) mass is 297 g/mol. The highest BCUT2D eigenvalue weighted by Gasteiger charge is 2.06. The summed E-state index contributed by atoms with van der Waals surface area (Å²) in [5, 5.41) is 3.45. The van der Waals surface area contributed by atoms with Gasteiger partial charge in [-0.15, -0.1) is 0 Å². The highest BCUT2D eigenvalue weighted by atomic mass is 19.1. The standard InChI is InChI=1S/C20H24FN/c1-15(13-14-22-20(2,3)4)16-5-7-17(8-6-16)18-9-11-19(21)12-10-18/h5-13,22H,14H2,1-4H3. The van der Waals surface area contributed by atoms with Gasteiger partial charge in [-0.2, -0.15) is 0 Å². The maximum Gasteiger partial charge on any atom is 0.123 e. The topological polar surface area (TPSA) is 12.0 Å². The Morgan fingerprint density at radius 2 is 1.45 bits per heavy atom. The fraction of sp³-hybridized carbons (Fsp3) is 0.300. The highest BCUT2D eigenvalue weighted by Crippen LogP contribution is 2.22. The molecule has 0 heterocycles. The van der Waals surface area contributed by atoms with Crippen LogP contribution >= 0.6 is 0 Å². The summed E-state index contributed by atoms with van der Waals surface area (Å²) in [5.74, 6) is -0.203. The van der Waals surface area contributed by atoms with Crippen LogP contribution in [0.25, 0.3) is 16.7 Å². The third-order valence-electron chi connectivity index (χ3n) is 3.56. The van der Waals surface area contributed by atoms with Gasteiger partial charge in [0.05, 0.1) is 0 Å². The molecule has 0 aliphatic rings. The van der Waals surface area contributed by atoms with Crippen LogP contribution < -0.4 is 5.32 Å². The molecule has 1 nitrogen and oxygen atoms in total. The first-order chi connectivity index (χ1) is 10.3. The van der Waals surface area contributed by atoms with Crippen LogP contribution in [0.4, 0.5) is 4.39 Å². The molecule has 0 spiro atoms. The van der Waals surface area contributed by atoms with E-state index in [9.17, 15) is 4.39 Å². The summed E-state index contributed by atoms with van der Waals surface area (Å²) in [5.41, 5.74) is 4.72. The molecule has 0 atom stereocenters. The Bertz CT molecular complexity index is 631. The van der Waals surface area contributed by atoms with Gasteiger partial charge in [-0.05, 0) is 62.1 Å². The second-order valence-corrected chi connectivity index (χ2v) is 6.60. The molecule has 1 N–H and O–H groups in total. The van der Waals surface area contributed by atoms with Crippen LogP contribution in [0, 0.1) is 5.82 Å². The molecule has 0 bridgehead atoms. The van der Waals surface area contributed by atoms with Crippen molar-refractivity contribution >= 4 is 5.57 Å². The molecule has 0 aliphatic carbocycles. The van der Waals surface area contributed by atoms with Crippen LogP contribution in [0.5, 0.6) is 0 Å². The first-order valence-corrected chi connectivity index (χ1v) is 7.63. The lowest BCUT2D eigenvalue weighted by Crippen LogP contribution is -2.35. The van der Waals surface area contributed by atoms with E-state index in [4.69, 9.17) is 0 Å². The Kier molecular flexibility index (Phi) is 5.15. The number of hydrogen-bond acceptors (Lipinski definition) is 1. The van der Waals surface area contributed by atoms with Crippen molar-refractivity contribution < 1.29 is 4.39 Å². The van der Waals surface area contributed by atoms with Gasteiger partial charge in [0.1, 0.15) is 5.82 Å². The molecule has 0 aromatic heterocycles. The summed E-state index contributed by atoms with van der Waals surface area (Å²) in [7, 11) is 0. The molecule has 2 aromatic carbocycles. The molecule has 0 saturated heterocycles. The summed E-state index contributed by atoms with van der Waals surface area (Å²) in [4.78, 5) is 0. The first kappa shape index (κ1) is 16.4. The van der Waals surface area contributed by atoms with Gasteiger partial charge >= 0.3 is 0 Å². The molecule has 0 radical (unpaired) electrons. The van der Waals surface area contributed by atoms with E-state index < -0.39 is 0 Å². The summed E-state index contributed by atoms with van der Waals surface area (Å²) in [6, 6.07) is 15.0. The lowest BCUT2D eigenvalue weighted by Gasteiger charge is -2.19. The Morgan fingerprint density at radius 3 is 1.95 bits per heavy atom. The van der Waals surface area contributed by atoms with Gasteiger partial charge < -0.3 is 5.32 Å². The Hall–Kier alpha value is -1.93. The van der Waals surface area contributed by atoms with E-state index in [2.05, 4.69) is 63.4 Å². The van der Waals surface area contributed by atoms with E-state index >= 15 is 0 Å². The van der Waals surface area contributed by atoms with Crippen LogP contribution in [-0.2, 0) is 0 Å². The first-order valence-electron chi connectivity index (χ1n) is 7.63. The van der Waals surface area contributed by atoms with Crippen molar-refractivity contribution in [3.05, 3.63) is 66.0 Å². The van der Waals surface area contributed by atoms with Crippen LogP contribution in [0.15, 0.2) is 54.6 Å². The fourth-order valence-electron chi connectivity index (χ4n) is 2.20. The van der Waals surface area contributed by atoms with Crippen molar-refractivity contribution in [2.24, 2.45) is 0 Å². The Labute approximate surface area is 132 Å². The van der Waals surface area contributed by atoms with Crippen molar-refractivity contribution in [3.8, 4) is 11.1 Å². The van der Waals surface area contributed by atoms with E-state index in [-0.39, 0.29) is 11.4 Å². The zero-order valence-electron chi connectivity index (χ0n) is 13.8. The largest absolute Gasteiger partial charge is 0.309 e. The number of nitrogens with one attached hydrogen (secondary N) is 1. The van der Waals surface area contributed by atoms with Gasteiger partial charge in [0, 0.05) is 12.1 Å². The molecular formula is C20H24FN. The normalized spacial score (nSPS) is 12.5. The van der Waals surface area contributed by atoms with Crippen LogP contribution in [0.3, 0.4) is 0 Å². The molecule has 2 aromatic rings. The molecule has 0 saturated carbocycles. The van der Waals surface area contributed by atoms with Crippen molar-refractivity contribution in [3.63, 3.8) is 0 Å². The summed E-state index contributed by atoms with van der Waals surface area (Å²) in [6.07, 6.45) is 2.21. The van der Waals surface area contributed by atoms with Gasteiger partial charge in [0.25, 0.3) is 0 Å². The maximum absolute atomic E-state index is 13.0. The minimum atomic E-state index is -0.203. The highest BCUT2D eigenvalue weighted by molar-refractivity contribution is 5.69. The molecule has 116 valence electrons. The molecular weight excluding hydrogens is 273 g/mol. The quantitative estimate of drug-likeness (QED) is 0.809. The van der Waals surface area contributed by atoms with E-state index in [0.29, 0.717) is 0 Å². The van der Waals surface area contributed by atoms with E-state index in [1.54, 1.807) is 12.1 Å². The number of allylic oxidation sites excluding steroid dienone is 1. The Balaban J connectivity index is 2.08. The van der Waals surface area contributed by atoms with Gasteiger partial charge in [-0.3, -0.25) is 0 Å². The molecule has 0 amide bonds. The van der Waals surface area contributed by atoms with Crippen molar-refractivity contribution in [2.75, 3.05) is 6.54 Å². The molecule has 0 unspecified atom stereocenters. The lowest BCUT2D eigenvalue weighted by molar-refractivity contribution is 0.449. The number of rotatable bonds is 4. The van der Waals surface area contributed by atoms with Gasteiger partial charge in [0.2, 0.25) is 0 Å². The number of halogens is 1. The van der Waals surface area contributed by atoms with Gasteiger partial charge in [0.15, 0.2) is 0 Å². The van der Waals surface area contributed by atoms with Gasteiger partial charge in [-0.1, -0.05) is 42.5 Å². The van der Waals surface area contributed by atoms with Crippen LogP contribution in [0.1, 0.15) is 33.3 Å². The maximum atomic E-state index is 13.0. The average Bonchev–Trinajstić information content (AvgIpc) is 2.47. The van der Waals surface area contributed by atoms with E-state index in [0.717, 1.165) is 17.7 Å². The van der Waals surface area contributed by atoms with Crippen LogP contribution in [0.2, 0.25) is 0 Å². The summed E-state index contributed by atoms with van der Waals surface area (Å²) in [6.45, 7) is 9.46. The Morgan fingerprint density at radius 1 is 0.955 bits per heavy atom. The van der Waals surface area contributed by atoms with Crippen molar-refractivity contribution in [1.82, 2.24) is 5.32 Å².